The van der Waals surface area contributed by atoms with Crippen molar-refractivity contribution in [2.24, 2.45) is 5.41 Å². The second kappa shape index (κ2) is 5.54. The van der Waals surface area contributed by atoms with Crippen LogP contribution >= 0.6 is 0 Å². The molecule has 0 aliphatic heterocycles. The van der Waals surface area contributed by atoms with E-state index < -0.39 is 5.54 Å². The second-order valence-corrected chi connectivity index (χ2v) is 5.93. The fraction of sp³-hybridized carbons (Fsp3) is 0.562. The smallest absolute Gasteiger partial charge is 0.251 e. The molecule has 0 unspecified atom stereocenters. The lowest BCUT2D eigenvalue weighted by molar-refractivity contribution is -0.172. The van der Waals surface area contributed by atoms with Crippen LogP contribution in [-0.4, -0.2) is 35.9 Å². The van der Waals surface area contributed by atoms with Gasteiger partial charge in [-0.2, -0.15) is 0 Å². The Bertz CT molecular complexity index is 472. The zero-order valence-corrected chi connectivity index (χ0v) is 12.3. The van der Waals surface area contributed by atoms with Crippen molar-refractivity contribution in [2.45, 2.75) is 38.8 Å². The Kier molecular flexibility index (Phi) is 4.16. The number of benzene rings is 1. The van der Waals surface area contributed by atoms with Gasteiger partial charge in [-0.3, -0.25) is 4.79 Å². The average Bonchev–Trinajstić information content (AvgIpc) is 2.46. The van der Waals surface area contributed by atoms with Gasteiger partial charge in [-0.05, 0) is 19.1 Å². The molecule has 2 N–H and O–H groups in total. The summed E-state index contributed by atoms with van der Waals surface area (Å²) in [5.74, 6) is -0.150. The SMILES string of the molecule is CCO[C@@H]1C[C@@](CO)(NC(=O)c2ccccc2)C1(C)C. The molecule has 1 aromatic carbocycles. The molecule has 0 aromatic heterocycles. The van der Waals surface area contributed by atoms with Gasteiger partial charge in [0, 0.05) is 24.0 Å². The maximum atomic E-state index is 12.3. The molecule has 1 amide bonds. The number of amides is 1. The lowest BCUT2D eigenvalue weighted by Gasteiger charge is -2.60. The minimum absolute atomic E-state index is 0.0655. The van der Waals surface area contributed by atoms with Gasteiger partial charge >= 0.3 is 0 Å². The van der Waals surface area contributed by atoms with Crippen LogP contribution in [0.5, 0.6) is 0 Å². The van der Waals surface area contributed by atoms with Crippen LogP contribution in [0.25, 0.3) is 0 Å². The van der Waals surface area contributed by atoms with E-state index in [9.17, 15) is 9.90 Å². The minimum Gasteiger partial charge on any atom is -0.394 e. The predicted molar refractivity (Wildman–Crippen MR) is 77.5 cm³/mol. The van der Waals surface area contributed by atoms with Gasteiger partial charge in [0.1, 0.15) is 0 Å². The van der Waals surface area contributed by atoms with Crippen molar-refractivity contribution < 1.29 is 14.6 Å². The second-order valence-electron chi connectivity index (χ2n) is 5.93. The van der Waals surface area contributed by atoms with Crippen molar-refractivity contribution in [1.29, 1.82) is 0 Å². The maximum Gasteiger partial charge on any atom is 0.251 e. The molecule has 1 fully saturated rings. The monoisotopic (exact) mass is 277 g/mol. The summed E-state index contributed by atoms with van der Waals surface area (Å²) in [4.78, 5) is 12.3. The van der Waals surface area contributed by atoms with Gasteiger partial charge in [0.2, 0.25) is 0 Å². The molecule has 20 heavy (non-hydrogen) atoms. The van der Waals surface area contributed by atoms with E-state index in [0.717, 1.165) is 0 Å². The first-order valence-electron chi connectivity index (χ1n) is 7.07. The number of carbonyl (C=O) groups excluding carboxylic acids is 1. The largest absolute Gasteiger partial charge is 0.394 e. The molecule has 1 saturated carbocycles. The molecule has 0 radical (unpaired) electrons. The zero-order chi connectivity index (χ0) is 14.8. The van der Waals surface area contributed by atoms with Crippen LogP contribution < -0.4 is 5.32 Å². The molecular weight excluding hydrogens is 254 g/mol. The molecular formula is C16H23NO3. The molecule has 2 rings (SSSR count). The topological polar surface area (TPSA) is 58.6 Å². The molecule has 4 nitrogen and oxygen atoms in total. The Balaban J connectivity index is 2.12. The fourth-order valence-corrected chi connectivity index (χ4v) is 2.88. The fourth-order valence-electron chi connectivity index (χ4n) is 2.88. The van der Waals surface area contributed by atoms with E-state index in [0.29, 0.717) is 18.6 Å². The molecule has 1 aromatic rings. The van der Waals surface area contributed by atoms with Crippen LogP contribution in [0.4, 0.5) is 0 Å². The lowest BCUT2D eigenvalue weighted by atomic mass is 9.54. The Morgan fingerprint density at radius 2 is 2.05 bits per heavy atom. The molecule has 1 aliphatic rings. The molecule has 4 heteroatoms. The lowest BCUT2D eigenvalue weighted by Crippen LogP contribution is -2.74. The highest BCUT2D eigenvalue weighted by Gasteiger charge is 2.61. The molecule has 110 valence electrons. The number of aliphatic hydroxyl groups is 1. The summed E-state index contributed by atoms with van der Waals surface area (Å²) in [5.41, 5.74) is -0.293. The van der Waals surface area contributed by atoms with Gasteiger partial charge in [0.25, 0.3) is 5.91 Å². The van der Waals surface area contributed by atoms with E-state index in [1.807, 2.05) is 39.0 Å². The normalized spacial score (nSPS) is 27.7. The number of hydrogen-bond donors (Lipinski definition) is 2. The van der Waals surface area contributed by atoms with Crippen molar-refractivity contribution in [1.82, 2.24) is 5.32 Å². The number of nitrogens with one attached hydrogen (secondary N) is 1. The molecule has 0 spiro atoms. The van der Waals surface area contributed by atoms with Gasteiger partial charge in [-0.25, -0.2) is 0 Å². The summed E-state index contributed by atoms with van der Waals surface area (Å²) in [5, 5.41) is 12.8. The Labute approximate surface area is 120 Å². The third-order valence-corrected chi connectivity index (χ3v) is 4.60. The highest BCUT2D eigenvalue weighted by molar-refractivity contribution is 5.94. The minimum atomic E-state index is -0.611. The first kappa shape index (κ1) is 15.0. The number of aliphatic hydroxyl groups excluding tert-OH is 1. The van der Waals surface area contributed by atoms with Gasteiger partial charge < -0.3 is 15.2 Å². The highest BCUT2D eigenvalue weighted by atomic mass is 16.5. The van der Waals surface area contributed by atoms with Crippen molar-refractivity contribution in [2.75, 3.05) is 13.2 Å². The van der Waals surface area contributed by atoms with E-state index in [1.165, 1.54) is 0 Å². The summed E-state index contributed by atoms with van der Waals surface area (Å²) in [6, 6.07) is 9.07. The molecule has 0 heterocycles. The van der Waals surface area contributed by atoms with Crippen molar-refractivity contribution in [3.63, 3.8) is 0 Å². The van der Waals surface area contributed by atoms with Crippen LogP contribution in [0.15, 0.2) is 30.3 Å². The summed E-state index contributed by atoms with van der Waals surface area (Å²) in [6.07, 6.45) is 0.707. The Morgan fingerprint density at radius 3 is 2.55 bits per heavy atom. The van der Waals surface area contributed by atoms with Crippen molar-refractivity contribution in [3.8, 4) is 0 Å². The molecule has 2 atom stereocenters. The van der Waals surface area contributed by atoms with Crippen molar-refractivity contribution >= 4 is 5.91 Å². The van der Waals surface area contributed by atoms with Crippen LogP contribution in [0.1, 0.15) is 37.6 Å². The number of rotatable bonds is 5. The molecule has 0 saturated heterocycles. The number of carbonyl (C=O) groups is 1. The van der Waals surface area contributed by atoms with Gasteiger partial charge in [0.15, 0.2) is 0 Å². The van der Waals surface area contributed by atoms with E-state index in [1.54, 1.807) is 12.1 Å². The van der Waals surface area contributed by atoms with Gasteiger partial charge in [-0.15, -0.1) is 0 Å². The quantitative estimate of drug-likeness (QED) is 0.865. The van der Waals surface area contributed by atoms with E-state index in [4.69, 9.17) is 4.74 Å². The Morgan fingerprint density at radius 1 is 1.40 bits per heavy atom. The predicted octanol–water partition coefficient (Wildman–Crippen LogP) is 1.98. The zero-order valence-electron chi connectivity index (χ0n) is 12.3. The van der Waals surface area contributed by atoms with E-state index in [2.05, 4.69) is 5.32 Å². The first-order chi connectivity index (χ1) is 9.47. The number of ether oxygens (including phenoxy) is 1. The van der Waals surface area contributed by atoms with E-state index in [-0.39, 0.29) is 24.0 Å². The standard InChI is InChI=1S/C16H23NO3/c1-4-20-13-10-16(11-18,15(13,2)3)17-14(19)12-8-6-5-7-9-12/h5-9,13,18H,4,10-11H2,1-3H3,(H,17,19)/t13-,16+/m1/s1. The average molecular weight is 277 g/mol. The summed E-state index contributed by atoms with van der Waals surface area (Å²) in [7, 11) is 0. The third kappa shape index (κ3) is 2.34. The summed E-state index contributed by atoms with van der Waals surface area (Å²) >= 11 is 0. The molecule has 1 aliphatic carbocycles. The third-order valence-electron chi connectivity index (χ3n) is 4.60. The summed E-state index contributed by atoms with van der Waals surface area (Å²) in [6.45, 7) is 6.57. The van der Waals surface area contributed by atoms with Gasteiger partial charge in [-0.1, -0.05) is 32.0 Å². The number of hydrogen-bond acceptors (Lipinski definition) is 3. The summed E-state index contributed by atoms with van der Waals surface area (Å²) < 4.78 is 5.68. The van der Waals surface area contributed by atoms with Crippen LogP contribution in [0.3, 0.4) is 0 Å². The van der Waals surface area contributed by atoms with Gasteiger partial charge in [0.05, 0.1) is 18.2 Å². The van der Waals surface area contributed by atoms with E-state index >= 15 is 0 Å². The highest BCUT2D eigenvalue weighted by Crippen LogP contribution is 2.51. The maximum absolute atomic E-state index is 12.3. The van der Waals surface area contributed by atoms with Crippen LogP contribution in [0.2, 0.25) is 0 Å². The molecule has 0 bridgehead atoms. The van der Waals surface area contributed by atoms with Crippen LogP contribution in [0, 0.1) is 5.41 Å². The Hall–Kier alpha value is -1.39. The van der Waals surface area contributed by atoms with Crippen LogP contribution in [-0.2, 0) is 4.74 Å². The van der Waals surface area contributed by atoms with Crippen molar-refractivity contribution in [3.05, 3.63) is 35.9 Å². The first-order valence-corrected chi connectivity index (χ1v) is 7.07.